The molecule has 0 saturated heterocycles. The minimum atomic E-state index is -4.22. The van der Waals surface area contributed by atoms with Crippen molar-refractivity contribution in [3.8, 4) is 0 Å². The van der Waals surface area contributed by atoms with Gasteiger partial charge in [-0.2, -0.15) is 0 Å². The Morgan fingerprint density at radius 2 is 1.61 bits per heavy atom. The van der Waals surface area contributed by atoms with Crippen molar-refractivity contribution in [1.29, 1.82) is 0 Å². The van der Waals surface area contributed by atoms with Crippen molar-refractivity contribution in [3.63, 3.8) is 0 Å². The molecule has 2 amide bonds. The Labute approximate surface area is 162 Å². The van der Waals surface area contributed by atoms with Crippen LogP contribution in [0.3, 0.4) is 0 Å². The molecule has 0 unspecified atom stereocenters. The number of aryl methyl sites for hydroxylation is 2. The first-order valence-electron chi connectivity index (χ1n) is 8.51. The van der Waals surface area contributed by atoms with Crippen LogP contribution in [-0.4, -0.2) is 31.1 Å². The maximum atomic E-state index is 13.2. The molecule has 0 radical (unpaired) electrons. The number of rotatable bonds is 4. The summed E-state index contributed by atoms with van der Waals surface area (Å²) in [6, 6.07) is 10.2. The zero-order chi connectivity index (χ0) is 20.6. The molecule has 1 aliphatic rings. The Morgan fingerprint density at radius 1 is 1.04 bits per heavy atom. The maximum absolute atomic E-state index is 13.2. The molecule has 28 heavy (non-hydrogen) atoms. The Kier molecular flexibility index (Phi) is 5.08. The molecule has 0 fully saturated rings. The van der Waals surface area contributed by atoms with Crippen LogP contribution in [0.25, 0.3) is 4.91 Å². The molecule has 0 bridgehead atoms. The van der Waals surface area contributed by atoms with Crippen LogP contribution in [-0.2, 0) is 19.6 Å². The summed E-state index contributed by atoms with van der Waals surface area (Å²) in [5.41, 5.74) is 2.60. The molecule has 1 heterocycles. The molecule has 6 nitrogen and oxygen atoms in total. The maximum Gasteiger partial charge on any atom is 0.268 e. The summed E-state index contributed by atoms with van der Waals surface area (Å²) >= 11 is 0. The van der Waals surface area contributed by atoms with Crippen molar-refractivity contribution >= 4 is 32.4 Å². The van der Waals surface area contributed by atoms with E-state index in [0.717, 1.165) is 23.3 Å². The molecule has 3 rings (SSSR count). The number of sulfonamides is 1. The summed E-state index contributed by atoms with van der Waals surface area (Å²) in [4.78, 5) is 24.7. The number of anilines is 1. The van der Waals surface area contributed by atoms with Crippen molar-refractivity contribution in [2.24, 2.45) is 0 Å². The number of carbonyl (C=O) groups is 2. The minimum Gasteiger partial charge on any atom is -0.324 e. The first-order chi connectivity index (χ1) is 13.1. The lowest BCUT2D eigenvalue weighted by Crippen LogP contribution is -2.38. The van der Waals surface area contributed by atoms with Crippen LogP contribution in [0.2, 0.25) is 0 Å². The van der Waals surface area contributed by atoms with Crippen molar-refractivity contribution < 1.29 is 22.4 Å². The van der Waals surface area contributed by atoms with Gasteiger partial charge in [-0.15, -0.1) is 0 Å². The summed E-state index contributed by atoms with van der Waals surface area (Å²) in [6.45, 7) is 4.48. The predicted octanol–water partition coefficient (Wildman–Crippen LogP) is 2.98. The van der Waals surface area contributed by atoms with Crippen molar-refractivity contribution in [1.82, 2.24) is 4.31 Å². The van der Waals surface area contributed by atoms with Gasteiger partial charge in [-0.25, -0.2) is 17.1 Å². The van der Waals surface area contributed by atoms with Crippen LogP contribution >= 0.6 is 0 Å². The first kappa shape index (κ1) is 19.8. The van der Waals surface area contributed by atoms with E-state index in [1.54, 1.807) is 12.1 Å². The molecular formula is C20H19FN2O4S. The fourth-order valence-electron chi connectivity index (χ4n) is 3.20. The molecule has 1 aliphatic heterocycles. The lowest BCUT2D eigenvalue weighted by molar-refractivity contribution is -0.126. The van der Waals surface area contributed by atoms with E-state index in [4.69, 9.17) is 0 Å². The second-order valence-corrected chi connectivity index (χ2v) is 8.50. The molecular weight excluding hydrogens is 383 g/mol. The lowest BCUT2D eigenvalue weighted by atomic mass is 10.1. The second kappa shape index (κ2) is 7.20. The van der Waals surface area contributed by atoms with Crippen LogP contribution in [0.1, 0.15) is 23.6 Å². The van der Waals surface area contributed by atoms with E-state index >= 15 is 0 Å². The Balaban J connectivity index is 1.84. The summed E-state index contributed by atoms with van der Waals surface area (Å²) in [5.74, 6) is -1.92. The topological polar surface area (TPSA) is 83.6 Å². The molecule has 0 atom stereocenters. The summed E-state index contributed by atoms with van der Waals surface area (Å²) in [5, 5.41) is 2.62. The number of benzene rings is 2. The van der Waals surface area contributed by atoms with Gasteiger partial charge in [-0.05, 0) is 61.7 Å². The lowest BCUT2D eigenvalue weighted by Gasteiger charge is -2.17. The van der Waals surface area contributed by atoms with E-state index in [0.29, 0.717) is 9.99 Å². The molecule has 2 aromatic rings. The number of carbonyl (C=O) groups excluding carboxylic acids is 2. The zero-order valence-corrected chi connectivity index (χ0v) is 16.4. The van der Waals surface area contributed by atoms with E-state index in [2.05, 4.69) is 5.32 Å². The number of amides is 2. The van der Waals surface area contributed by atoms with Crippen molar-refractivity contribution in [2.45, 2.75) is 20.8 Å². The van der Waals surface area contributed by atoms with Crippen LogP contribution < -0.4 is 5.32 Å². The van der Waals surface area contributed by atoms with E-state index in [1.807, 2.05) is 19.9 Å². The van der Waals surface area contributed by atoms with Gasteiger partial charge in [0.2, 0.25) is 5.91 Å². The van der Waals surface area contributed by atoms with E-state index < -0.39 is 34.2 Å². The highest BCUT2D eigenvalue weighted by molar-refractivity contribution is 7.99. The smallest absolute Gasteiger partial charge is 0.268 e. The Morgan fingerprint density at radius 3 is 2.18 bits per heavy atom. The van der Waals surface area contributed by atoms with Gasteiger partial charge in [0.1, 0.15) is 17.3 Å². The third-order valence-electron chi connectivity index (χ3n) is 4.34. The number of nitrogens with zero attached hydrogens (tertiary/aromatic N) is 1. The van der Waals surface area contributed by atoms with Crippen LogP contribution in [0.15, 0.2) is 48.0 Å². The fraction of sp³-hybridized carbons (Fsp3) is 0.200. The normalized spacial score (nSPS) is 15.9. The first-order valence-corrected chi connectivity index (χ1v) is 9.95. The van der Waals surface area contributed by atoms with Crippen LogP contribution in [0.4, 0.5) is 10.1 Å². The van der Waals surface area contributed by atoms with Crippen molar-refractivity contribution in [3.05, 3.63) is 70.5 Å². The number of hydrogen-bond acceptors (Lipinski definition) is 4. The third-order valence-corrected chi connectivity index (χ3v) is 6.27. The van der Waals surface area contributed by atoms with Gasteiger partial charge in [0.15, 0.2) is 0 Å². The van der Waals surface area contributed by atoms with Gasteiger partial charge in [0, 0.05) is 11.3 Å². The number of hydrogen-bond donors (Lipinski definition) is 1. The number of nitrogens with one attached hydrogen (secondary N) is 1. The van der Waals surface area contributed by atoms with Gasteiger partial charge < -0.3 is 5.32 Å². The average Bonchev–Trinajstić information content (AvgIpc) is 2.75. The predicted molar refractivity (Wildman–Crippen MR) is 104 cm³/mol. The highest BCUT2D eigenvalue weighted by Crippen LogP contribution is 2.35. The monoisotopic (exact) mass is 402 g/mol. The Hall–Kier alpha value is -3.00. The quantitative estimate of drug-likeness (QED) is 0.852. The second-order valence-electron chi connectivity index (χ2n) is 6.70. The molecule has 2 aromatic carbocycles. The standard InChI is InChI=1S/C20H19FN2O4S/c1-12-8-13(2)10-17(9-12)22-18(24)11-23-20(25)14(3)19(28(23,26)27)15-4-6-16(21)7-5-15/h4-10H,11H2,1-3H3,(H,22,24). The highest BCUT2D eigenvalue weighted by Gasteiger charge is 2.43. The molecule has 0 spiro atoms. The van der Waals surface area contributed by atoms with E-state index in [1.165, 1.54) is 19.1 Å². The van der Waals surface area contributed by atoms with Crippen molar-refractivity contribution in [2.75, 3.05) is 11.9 Å². The molecule has 0 aromatic heterocycles. The largest absolute Gasteiger partial charge is 0.324 e. The van der Waals surface area contributed by atoms with Gasteiger partial charge in [-0.3, -0.25) is 9.59 Å². The van der Waals surface area contributed by atoms with Crippen LogP contribution in [0.5, 0.6) is 0 Å². The minimum absolute atomic E-state index is 0.00851. The molecule has 0 aliphatic carbocycles. The summed E-state index contributed by atoms with van der Waals surface area (Å²) in [7, 11) is -4.22. The fourth-order valence-corrected chi connectivity index (χ4v) is 4.97. The third kappa shape index (κ3) is 3.68. The number of halogens is 1. The average molecular weight is 402 g/mol. The van der Waals surface area contributed by atoms with Gasteiger partial charge >= 0.3 is 0 Å². The van der Waals surface area contributed by atoms with E-state index in [9.17, 15) is 22.4 Å². The molecule has 146 valence electrons. The SMILES string of the molecule is CC1=C(c2ccc(F)cc2)S(=O)(=O)N(CC(=O)Nc2cc(C)cc(C)c2)C1=O. The molecule has 8 heteroatoms. The summed E-state index contributed by atoms with van der Waals surface area (Å²) < 4.78 is 39.4. The molecule has 1 N–H and O–H groups in total. The van der Waals surface area contributed by atoms with E-state index in [-0.39, 0.29) is 16.0 Å². The van der Waals surface area contributed by atoms with Gasteiger partial charge in [0.05, 0.1) is 0 Å². The zero-order valence-electron chi connectivity index (χ0n) is 15.6. The van der Waals surface area contributed by atoms with Gasteiger partial charge in [-0.1, -0.05) is 18.2 Å². The van der Waals surface area contributed by atoms with Crippen LogP contribution in [0, 0.1) is 19.7 Å². The highest BCUT2D eigenvalue weighted by atomic mass is 32.2. The molecule has 0 saturated carbocycles. The Bertz CT molecular complexity index is 1090. The van der Waals surface area contributed by atoms with Gasteiger partial charge in [0.25, 0.3) is 15.9 Å². The summed E-state index contributed by atoms with van der Waals surface area (Å²) in [6.07, 6.45) is 0.